The highest BCUT2D eigenvalue weighted by atomic mass is 35.5. The van der Waals surface area contributed by atoms with Crippen LogP contribution < -0.4 is 4.74 Å². The second-order valence-corrected chi connectivity index (χ2v) is 7.80. The number of thioether (sulfide) groups is 1. The summed E-state index contributed by atoms with van der Waals surface area (Å²) in [4.78, 5) is 12.5. The average Bonchev–Trinajstić information content (AvgIpc) is 3.07. The zero-order valence-corrected chi connectivity index (χ0v) is 18.1. The minimum absolute atomic E-state index is 0.0897. The van der Waals surface area contributed by atoms with Crippen molar-refractivity contribution in [2.45, 2.75) is 24.5 Å². The second kappa shape index (κ2) is 9.80. The zero-order valence-electron chi connectivity index (χ0n) is 16.5. The first-order chi connectivity index (χ1) is 14.0. The van der Waals surface area contributed by atoms with Gasteiger partial charge in [0.1, 0.15) is 11.6 Å². The highest BCUT2D eigenvalue weighted by molar-refractivity contribution is 7.98. The first kappa shape index (κ1) is 21.2. The van der Waals surface area contributed by atoms with Crippen LogP contribution in [-0.4, -0.2) is 33.9 Å². The normalized spacial score (nSPS) is 10.8. The summed E-state index contributed by atoms with van der Waals surface area (Å²) in [5.74, 6) is 2.66. The van der Waals surface area contributed by atoms with E-state index in [9.17, 15) is 4.79 Å². The standard InChI is InChI=1S/C21H22ClN3O3S/c1-4-27-20(26)12-28-18-10-9-17(11-14(18)2)29-13-19-23-24-21(25(19)3)15-5-7-16(22)8-6-15/h5-11H,4,12-13H2,1-3H3. The van der Waals surface area contributed by atoms with E-state index in [0.717, 1.165) is 27.7 Å². The molecule has 1 heterocycles. The van der Waals surface area contributed by atoms with E-state index in [4.69, 9.17) is 21.1 Å². The van der Waals surface area contributed by atoms with Gasteiger partial charge in [-0.1, -0.05) is 11.6 Å². The fourth-order valence-corrected chi connectivity index (χ4v) is 3.80. The van der Waals surface area contributed by atoms with Crippen LogP contribution in [0.5, 0.6) is 5.75 Å². The third-order valence-corrected chi connectivity index (χ3v) is 5.47. The van der Waals surface area contributed by atoms with Crippen LogP contribution in [0.4, 0.5) is 0 Å². The largest absolute Gasteiger partial charge is 0.482 e. The molecule has 0 spiro atoms. The number of aromatic nitrogens is 3. The van der Waals surface area contributed by atoms with E-state index in [1.165, 1.54) is 0 Å². The van der Waals surface area contributed by atoms with Crippen LogP contribution in [0.2, 0.25) is 5.02 Å². The monoisotopic (exact) mass is 431 g/mol. The first-order valence-corrected chi connectivity index (χ1v) is 10.5. The quantitative estimate of drug-likeness (QED) is 0.381. The maximum Gasteiger partial charge on any atom is 0.344 e. The summed E-state index contributed by atoms with van der Waals surface area (Å²) in [6.07, 6.45) is 0. The number of ether oxygens (including phenoxy) is 2. The molecular formula is C21H22ClN3O3S. The highest BCUT2D eigenvalue weighted by Gasteiger charge is 2.12. The Morgan fingerprint density at radius 2 is 1.93 bits per heavy atom. The molecule has 0 aliphatic rings. The predicted molar refractivity (Wildman–Crippen MR) is 114 cm³/mol. The van der Waals surface area contributed by atoms with Gasteiger partial charge in [-0.3, -0.25) is 0 Å². The number of benzene rings is 2. The van der Waals surface area contributed by atoms with Crippen LogP contribution in [0.3, 0.4) is 0 Å². The fourth-order valence-electron chi connectivity index (χ4n) is 2.70. The van der Waals surface area contributed by atoms with Gasteiger partial charge in [0.25, 0.3) is 0 Å². The molecule has 0 radical (unpaired) electrons. The van der Waals surface area contributed by atoms with Crippen molar-refractivity contribution < 1.29 is 14.3 Å². The Morgan fingerprint density at radius 1 is 1.17 bits per heavy atom. The van der Waals surface area contributed by atoms with Crippen molar-refractivity contribution in [3.05, 3.63) is 58.9 Å². The van der Waals surface area contributed by atoms with Gasteiger partial charge in [0.15, 0.2) is 12.4 Å². The molecule has 1 aromatic heterocycles. The molecule has 0 aliphatic heterocycles. The number of rotatable bonds is 8. The van der Waals surface area contributed by atoms with Gasteiger partial charge < -0.3 is 14.0 Å². The van der Waals surface area contributed by atoms with E-state index in [2.05, 4.69) is 10.2 Å². The molecule has 8 heteroatoms. The summed E-state index contributed by atoms with van der Waals surface area (Å²) in [5, 5.41) is 9.32. The van der Waals surface area contributed by atoms with Crippen molar-refractivity contribution in [1.82, 2.24) is 14.8 Å². The summed E-state index contributed by atoms with van der Waals surface area (Å²) in [5.41, 5.74) is 1.93. The van der Waals surface area contributed by atoms with Gasteiger partial charge in [-0.2, -0.15) is 0 Å². The number of nitrogens with zero attached hydrogens (tertiary/aromatic N) is 3. The summed E-state index contributed by atoms with van der Waals surface area (Å²) >= 11 is 7.62. The SMILES string of the molecule is CCOC(=O)COc1ccc(SCc2nnc(-c3ccc(Cl)cc3)n2C)cc1C. The minimum Gasteiger partial charge on any atom is -0.482 e. The Kier molecular flexibility index (Phi) is 7.17. The van der Waals surface area contributed by atoms with Gasteiger partial charge in [-0.05, 0) is 61.9 Å². The molecular weight excluding hydrogens is 410 g/mol. The Labute approximate surface area is 179 Å². The second-order valence-electron chi connectivity index (χ2n) is 6.32. The molecule has 0 unspecified atom stereocenters. The maximum absolute atomic E-state index is 11.4. The molecule has 0 aliphatic carbocycles. The molecule has 3 rings (SSSR count). The van der Waals surface area contributed by atoms with Crippen LogP contribution in [-0.2, 0) is 22.3 Å². The molecule has 0 fully saturated rings. The van der Waals surface area contributed by atoms with Gasteiger partial charge in [0.2, 0.25) is 0 Å². The minimum atomic E-state index is -0.371. The summed E-state index contributed by atoms with van der Waals surface area (Å²) in [7, 11) is 1.96. The number of aryl methyl sites for hydroxylation is 1. The molecule has 0 saturated carbocycles. The average molecular weight is 432 g/mol. The highest BCUT2D eigenvalue weighted by Crippen LogP contribution is 2.28. The van der Waals surface area contributed by atoms with Gasteiger partial charge in [0, 0.05) is 22.5 Å². The number of hydrogen-bond acceptors (Lipinski definition) is 6. The van der Waals surface area contributed by atoms with Crippen molar-refractivity contribution in [2.24, 2.45) is 7.05 Å². The number of carbonyl (C=O) groups excluding carboxylic acids is 1. The number of esters is 1. The molecule has 0 saturated heterocycles. The van der Waals surface area contributed by atoms with Crippen molar-refractivity contribution >= 4 is 29.3 Å². The molecule has 29 heavy (non-hydrogen) atoms. The van der Waals surface area contributed by atoms with Crippen molar-refractivity contribution in [3.8, 4) is 17.1 Å². The lowest BCUT2D eigenvalue weighted by atomic mass is 10.2. The molecule has 0 N–H and O–H groups in total. The summed E-state index contributed by atoms with van der Waals surface area (Å²) in [6.45, 7) is 3.97. The Bertz CT molecular complexity index is 989. The van der Waals surface area contributed by atoms with Crippen molar-refractivity contribution in [3.63, 3.8) is 0 Å². The van der Waals surface area contributed by atoms with E-state index in [0.29, 0.717) is 23.1 Å². The first-order valence-electron chi connectivity index (χ1n) is 9.14. The van der Waals surface area contributed by atoms with Crippen molar-refractivity contribution in [2.75, 3.05) is 13.2 Å². The van der Waals surface area contributed by atoms with E-state index in [-0.39, 0.29) is 12.6 Å². The third-order valence-electron chi connectivity index (χ3n) is 4.23. The summed E-state index contributed by atoms with van der Waals surface area (Å²) in [6, 6.07) is 13.4. The van der Waals surface area contributed by atoms with Gasteiger partial charge in [-0.15, -0.1) is 22.0 Å². The molecule has 3 aromatic rings. The molecule has 2 aromatic carbocycles. The molecule has 0 amide bonds. The summed E-state index contributed by atoms with van der Waals surface area (Å²) < 4.78 is 12.4. The van der Waals surface area contributed by atoms with E-state index in [1.54, 1.807) is 18.7 Å². The van der Waals surface area contributed by atoms with Crippen molar-refractivity contribution in [1.29, 1.82) is 0 Å². The molecule has 0 bridgehead atoms. The van der Waals surface area contributed by atoms with Crippen LogP contribution >= 0.6 is 23.4 Å². The van der Waals surface area contributed by atoms with E-state index < -0.39 is 0 Å². The topological polar surface area (TPSA) is 66.2 Å². The molecule has 152 valence electrons. The van der Waals surface area contributed by atoms with Crippen LogP contribution in [0, 0.1) is 6.92 Å². The van der Waals surface area contributed by atoms with Gasteiger partial charge in [-0.25, -0.2) is 4.79 Å². The molecule has 6 nitrogen and oxygen atoms in total. The zero-order chi connectivity index (χ0) is 20.8. The van der Waals surface area contributed by atoms with Gasteiger partial charge in [0.05, 0.1) is 12.4 Å². The lowest BCUT2D eigenvalue weighted by Crippen LogP contribution is -2.14. The fraction of sp³-hybridized carbons (Fsp3) is 0.286. The molecule has 0 atom stereocenters. The lowest BCUT2D eigenvalue weighted by molar-refractivity contribution is -0.145. The van der Waals surface area contributed by atoms with Crippen LogP contribution in [0.15, 0.2) is 47.4 Å². The Balaban J connectivity index is 1.62. The van der Waals surface area contributed by atoms with Crippen LogP contribution in [0.1, 0.15) is 18.3 Å². The van der Waals surface area contributed by atoms with E-state index in [1.807, 2.05) is 61.0 Å². The van der Waals surface area contributed by atoms with E-state index >= 15 is 0 Å². The number of halogens is 1. The Hall–Kier alpha value is -2.51. The predicted octanol–water partition coefficient (Wildman–Crippen LogP) is 4.68. The maximum atomic E-state index is 11.4. The Morgan fingerprint density at radius 3 is 2.62 bits per heavy atom. The third kappa shape index (κ3) is 5.52. The smallest absolute Gasteiger partial charge is 0.344 e. The van der Waals surface area contributed by atoms with Crippen LogP contribution in [0.25, 0.3) is 11.4 Å². The van der Waals surface area contributed by atoms with Gasteiger partial charge >= 0.3 is 5.97 Å². The lowest BCUT2D eigenvalue weighted by Gasteiger charge is -2.10. The number of carbonyl (C=O) groups is 1. The number of hydrogen-bond donors (Lipinski definition) is 0.